The van der Waals surface area contributed by atoms with Crippen molar-refractivity contribution in [3.63, 3.8) is 0 Å². The molecule has 0 bridgehead atoms. The Labute approximate surface area is 138 Å². The van der Waals surface area contributed by atoms with Crippen molar-refractivity contribution >= 4 is 27.3 Å². The average Bonchev–Trinajstić information content (AvgIpc) is 3.12. The van der Waals surface area contributed by atoms with Crippen molar-refractivity contribution in [3.8, 4) is 16.9 Å². The molecule has 114 valence electrons. The Kier molecular flexibility index (Phi) is 2.65. The van der Waals surface area contributed by atoms with Crippen molar-refractivity contribution in [2.45, 2.75) is 0 Å². The molecular formula is C21H14N2O. The predicted octanol–water partition coefficient (Wildman–Crippen LogP) is 5.01. The molecular weight excluding hydrogens is 296 g/mol. The van der Waals surface area contributed by atoms with Gasteiger partial charge in [-0.3, -0.25) is 4.40 Å². The van der Waals surface area contributed by atoms with Crippen molar-refractivity contribution in [1.29, 1.82) is 0 Å². The molecule has 0 saturated carbocycles. The molecule has 24 heavy (non-hydrogen) atoms. The molecule has 5 rings (SSSR count). The van der Waals surface area contributed by atoms with E-state index in [1.165, 1.54) is 11.1 Å². The highest BCUT2D eigenvalue weighted by Crippen LogP contribution is 2.33. The van der Waals surface area contributed by atoms with E-state index in [-0.39, 0.29) is 5.75 Å². The summed E-state index contributed by atoms with van der Waals surface area (Å²) in [5.41, 5.74) is 4.34. The van der Waals surface area contributed by atoms with Crippen LogP contribution in [-0.4, -0.2) is 14.5 Å². The second-order valence-electron chi connectivity index (χ2n) is 5.95. The third-order valence-electron chi connectivity index (χ3n) is 4.54. The third kappa shape index (κ3) is 1.82. The summed E-state index contributed by atoms with van der Waals surface area (Å²) in [6.45, 7) is 0. The second kappa shape index (κ2) is 4.83. The van der Waals surface area contributed by atoms with Crippen molar-refractivity contribution in [2.24, 2.45) is 0 Å². The van der Waals surface area contributed by atoms with E-state index in [1.54, 1.807) is 18.3 Å². The van der Waals surface area contributed by atoms with Gasteiger partial charge in [-0.1, -0.05) is 36.4 Å². The minimum atomic E-state index is 0.256. The van der Waals surface area contributed by atoms with Gasteiger partial charge in [0, 0.05) is 23.2 Å². The topological polar surface area (TPSA) is 37.5 Å². The summed E-state index contributed by atoms with van der Waals surface area (Å²) in [7, 11) is 0. The van der Waals surface area contributed by atoms with Gasteiger partial charge < -0.3 is 5.11 Å². The fourth-order valence-corrected chi connectivity index (χ4v) is 3.42. The summed E-state index contributed by atoms with van der Waals surface area (Å²) >= 11 is 0. The highest BCUT2D eigenvalue weighted by Gasteiger charge is 2.11. The molecule has 3 heteroatoms. The summed E-state index contributed by atoms with van der Waals surface area (Å²) in [6.07, 6.45) is 3.76. The lowest BCUT2D eigenvalue weighted by molar-refractivity contribution is 0.476. The number of imidazole rings is 1. The fourth-order valence-electron chi connectivity index (χ4n) is 3.42. The van der Waals surface area contributed by atoms with Crippen molar-refractivity contribution < 1.29 is 5.11 Å². The van der Waals surface area contributed by atoms with Crippen LogP contribution >= 0.6 is 0 Å². The van der Waals surface area contributed by atoms with Gasteiger partial charge in [0.15, 0.2) is 0 Å². The number of rotatable bonds is 1. The Bertz CT molecular complexity index is 1210. The lowest BCUT2D eigenvalue weighted by atomic mass is 10.00. The molecule has 2 aromatic heterocycles. The van der Waals surface area contributed by atoms with Gasteiger partial charge in [-0.2, -0.15) is 0 Å². The van der Waals surface area contributed by atoms with Gasteiger partial charge in [0.2, 0.25) is 0 Å². The van der Waals surface area contributed by atoms with E-state index in [9.17, 15) is 5.11 Å². The first-order valence-corrected chi connectivity index (χ1v) is 7.88. The monoisotopic (exact) mass is 310 g/mol. The Balaban J connectivity index is 1.95. The Morgan fingerprint density at radius 2 is 1.62 bits per heavy atom. The van der Waals surface area contributed by atoms with Gasteiger partial charge in [-0.25, -0.2) is 4.98 Å². The fraction of sp³-hybridized carbons (Fsp3) is 0. The van der Waals surface area contributed by atoms with E-state index in [1.807, 2.05) is 18.3 Å². The van der Waals surface area contributed by atoms with Crippen LogP contribution in [0.4, 0.5) is 0 Å². The molecule has 5 aromatic rings. The highest BCUT2D eigenvalue weighted by molar-refractivity contribution is 6.12. The van der Waals surface area contributed by atoms with Crippen molar-refractivity contribution in [2.75, 3.05) is 0 Å². The van der Waals surface area contributed by atoms with Gasteiger partial charge in [-0.05, 0) is 46.8 Å². The van der Waals surface area contributed by atoms with Crippen LogP contribution in [0, 0.1) is 0 Å². The summed E-state index contributed by atoms with van der Waals surface area (Å²) in [5, 5.41) is 13.1. The molecule has 0 spiro atoms. The van der Waals surface area contributed by atoms with Crippen LogP contribution in [-0.2, 0) is 0 Å². The Morgan fingerprint density at radius 1 is 0.750 bits per heavy atom. The standard InChI is InChI=1S/C21H14N2O/c24-16-7-8-17-18-12-15(14-4-2-1-3-5-14)6-9-20(18)23-11-10-22-21(23)19(17)13-16/h1-13,24H. The van der Waals surface area contributed by atoms with E-state index in [4.69, 9.17) is 0 Å². The minimum Gasteiger partial charge on any atom is -0.508 e. The Morgan fingerprint density at radius 3 is 2.50 bits per heavy atom. The first kappa shape index (κ1) is 13.1. The van der Waals surface area contributed by atoms with E-state index in [0.717, 1.165) is 27.3 Å². The number of hydrogen-bond donors (Lipinski definition) is 1. The Hall–Kier alpha value is -3.33. The zero-order chi connectivity index (χ0) is 16.1. The van der Waals surface area contributed by atoms with E-state index >= 15 is 0 Å². The minimum absolute atomic E-state index is 0.256. The first-order valence-electron chi connectivity index (χ1n) is 7.88. The zero-order valence-electron chi connectivity index (χ0n) is 12.8. The van der Waals surface area contributed by atoms with Gasteiger partial charge in [-0.15, -0.1) is 0 Å². The molecule has 3 nitrogen and oxygen atoms in total. The van der Waals surface area contributed by atoms with Crippen LogP contribution in [0.1, 0.15) is 0 Å². The lowest BCUT2D eigenvalue weighted by Crippen LogP contribution is -1.91. The molecule has 2 heterocycles. The van der Waals surface area contributed by atoms with Crippen LogP contribution in [0.5, 0.6) is 5.75 Å². The molecule has 0 amide bonds. The largest absolute Gasteiger partial charge is 0.508 e. The van der Waals surface area contributed by atoms with E-state index in [2.05, 4.69) is 51.8 Å². The van der Waals surface area contributed by atoms with E-state index < -0.39 is 0 Å². The zero-order valence-corrected chi connectivity index (χ0v) is 12.8. The predicted molar refractivity (Wildman–Crippen MR) is 97.3 cm³/mol. The van der Waals surface area contributed by atoms with Crippen LogP contribution in [0.15, 0.2) is 79.1 Å². The quantitative estimate of drug-likeness (QED) is 0.442. The molecule has 0 saturated heterocycles. The maximum absolute atomic E-state index is 9.89. The lowest BCUT2D eigenvalue weighted by Gasteiger charge is -2.10. The van der Waals surface area contributed by atoms with Gasteiger partial charge in [0.05, 0.1) is 5.52 Å². The van der Waals surface area contributed by atoms with Crippen LogP contribution < -0.4 is 0 Å². The van der Waals surface area contributed by atoms with Gasteiger partial charge in [0.1, 0.15) is 11.4 Å². The number of phenols is 1. The molecule has 0 unspecified atom stereocenters. The number of phenolic OH excluding ortho intramolecular Hbond substituents is 1. The molecule has 3 aromatic carbocycles. The van der Waals surface area contributed by atoms with Gasteiger partial charge >= 0.3 is 0 Å². The third-order valence-corrected chi connectivity index (χ3v) is 4.54. The van der Waals surface area contributed by atoms with Gasteiger partial charge in [0.25, 0.3) is 0 Å². The summed E-state index contributed by atoms with van der Waals surface area (Å²) < 4.78 is 2.08. The maximum Gasteiger partial charge on any atom is 0.145 e. The molecule has 0 radical (unpaired) electrons. The first-order chi connectivity index (χ1) is 11.8. The number of aromatic hydroxyl groups is 1. The van der Waals surface area contributed by atoms with E-state index in [0.29, 0.717) is 0 Å². The number of aromatic nitrogens is 2. The smallest absolute Gasteiger partial charge is 0.145 e. The van der Waals surface area contributed by atoms with Crippen LogP contribution in [0.25, 0.3) is 38.4 Å². The van der Waals surface area contributed by atoms with Crippen molar-refractivity contribution in [3.05, 3.63) is 79.1 Å². The molecule has 0 aliphatic rings. The molecule has 1 N–H and O–H groups in total. The number of hydrogen-bond acceptors (Lipinski definition) is 2. The molecule has 0 aliphatic heterocycles. The molecule has 0 atom stereocenters. The summed E-state index contributed by atoms with van der Waals surface area (Å²) in [5.74, 6) is 0.256. The second-order valence-corrected chi connectivity index (χ2v) is 5.95. The van der Waals surface area contributed by atoms with Crippen LogP contribution in [0.3, 0.4) is 0 Å². The molecule has 0 aliphatic carbocycles. The summed E-state index contributed by atoms with van der Waals surface area (Å²) in [6, 6.07) is 22.3. The number of fused-ring (bicyclic) bond motifs is 6. The maximum atomic E-state index is 9.89. The summed E-state index contributed by atoms with van der Waals surface area (Å²) in [4.78, 5) is 4.47. The SMILES string of the molecule is Oc1ccc2c3cc(-c4ccccc4)ccc3n3ccnc3c2c1. The highest BCUT2D eigenvalue weighted by atomic mass is 16.3. The number of benzene rings is 3. The normalized spacial score (nSPS) is 11.5. The van der Waals surface area contributed by atoms with Crippen LogP contribution in [0.2, 0.25) is 0 Å². The molecule has 0 fully saturated rings. The van der Waals surface area contributed by atoms with Crippen molar-refractivity contribution in [1.82, 2.24) is 9.38 Å². The number of nitrogens with zero attached hydrogens (tertiary/aromatic N) is 2. The average molecular weight is 310 g/mol. The number of pyridine rings is 1.